The van der Waals surface area contributed by atoms with Crippen LogP contribution in [0, 0.1) is 0 Å². The summed E-state index contributed by atoms with van der Waals surface area (Å²) in [4.78, 5) is 5.85. The fourth-order valence-electron chi connectivity index (χ4n) is 2.61. The molecule has 0 saturated heterocycles. The Bertz CT molecular complexity index is 747. The highest BCUT2D eigenvalue weighted by atomic mass is 32.1. The average Bonchev–Trinajstić information content (AvgIpc) is 3.11. The number of nitrogens with zero attached hydrogens (tertiary/aromatic N) is 2. The van der Waals surface area contributed by atoms with Crippen LogP contribution in [0.4, 0.5) is 0 Å². The number of thiophene rings is 1. The molecule has 3 rings (SSSR count). The SMILES string of the molecule is CC(C)NCCCn1c(-c2cccs2)nc2cccc(O)c21. The summed E-state index contributed by atoms with van der Waals surface area (Å²) in [5.41, 5.74) is 1.68. The van der Waals surface area contributed by atoms with E-state index < -0.39 is 0 Å². The van der Waals surface area contributed by atoms with Crippen LogP contribution < -0.4 is 5.32 Å². The van der Waals surface area contributed by atoms with Gasteiger partial charge in [-0.05, 0) is 36.5 Å². The van der Waals surface area contributed by atoms with Gasteiger partial charge in [-0.1, -0.05) is 26.0 Å². The van der Waals surface area contributed by atoms with Crippen LogP contribution in [-0.4, -0.2) is 27.2 Å². The Morgan fingerprint density at radius 3 is 2.86 bits per heavy atom. The fourth-order valence-corrected chi connectivity index (χ4v) is 3.33. The Morgan fingerprint density at radius 2 is 2.14 bits per heavy atom. The van der Waals surface area contributed by atoms with E-state index in [9.17, 15) is 5.11 Å². The molecule has 5 heteroatoms. The number of aryl methyl sites for hydroxylation is 1. The van der Waals surface area contributed by atoms with E-state index in [-0.39, 0.29) is 0 Å². The van der Waals surface area contributed by atoms with Crippen LogP contribution in [0.1, 0.15) is 20.3 Å². The van der Waals surface area contributed by atoms with Gasteiger partial charge in [-0.2, -0.15) is 0 Å². The number of nitrogens with one attached hydrogen (secondary N) is 1. The summed E-state index contributed by atoms with van der Waals surface area (Å²) >= 11 is 1.67. The van der Waals surface area contributed by atoms with Crippen molar-refractivity contribution in [2.75, 3.05) is 6.54 Å². The molecule has 0 unspecified atom stereocenters. The predicted octanol–water partition coefficient (Wildman–Crippen LogP) is 3.86. The van der Waals surface area contributed by atoms with E-state index in [1.54, 1.807) is 17.4 Å². The van der Waals surface area contributed by atoms with Crippen molar-refractivity contribution in [1.29, 1.82) is 0 Å². The molecule has 3 aromatic rings. The Labute approximate surface area is 134 Å². The standard InChI is InChI=1S/C17H21N3OS/c1-12(2)18-9-5-10-20-16-13(6-3-7-14(16)21)19-17(20)15-8-4-11-22-15/h3-4,6-8,11-12,18,21H,5,9-10H2,1-2H3. The number of hydrogen-bond acceptors (Lipinski definition) is 4. The lowest BCUT2D eigenvalue weighted by atomic mass is 10.3. The minimum absolute atomic E-state index is 0.296. The Morgan fingerprint density at radius 1 is 1.27 bits per heavy atom. The predicted molar refractivity (Wildman–Crippen MR) is 92.5 cm³/mol. The molecular weight excluding hydrogens is 294 g/mol. The Balaban J connectivity index is 1.96. The van der Waals surface area contributed by atoms with E-state index in [0.29, 0.717) is 11.8 Å². The molecule has 0 saturated carbocycles. The molecule has 2 heterocycles. The summed E-state index contributed by atoms with van der Waals surface area (Å²) in [7, 11) is 0. The molecule has 116 valence electrons. The molecule has 2 aromatic heterocycles. The van der Waals surface area contributed by atoms with Crippen molar-refractivity contribution in [3.05, 3.63) is 35.7 Å². The molecule has 4 nitrogen and oxygen atoms in total. The van der Waals surface area contributed by atoms with Crippen molar-refractivity contribution in [1.82, 2.24) is 14.9 Å². The highest BCUT2D eigenvalue weighted by Crippen LogP contribution is 2.32. The maximum absolute atomic E-state index is 10.2. The van der Waals surface area contributed by atoms with Crippen molar-refractivity contribution in [3.8, 4) is 16.5 Å². The summed E-state index contributed by atoms with van der Waals surface area (Å²) < 4.78 is 2.14. The summed E-state index contributed by atoms with van der Waals surface area (Å²) in [6.45, 7) is 6.08. The molecule has 0 aliphatic carbocycles. The van der Waals surface area contributed by atoms with E-state index in [0.717, 1.165) is 41.2 Å². The topological polar surface area (TPSA) is 50.1 Å². The number of imidazole rings is 1. The van der Waals surface area contributed by atoms with Crippen LogP contribution in [-0.2, 0) is 6.54 Å². The number of aromatic nitrogens is 2. The zero-order chi connectivity index (χ0) is 15.5. The van der Waals surface area contributed by atoms with Gasteiger partial charge in [0.15, 0.2) is 5.82 Å². The van der Waals surface area contributed by atoms with Gasteiger partial charge < -0.3 is 15.0 Å². The van der Waals surface area contributed by atoms with E-state index in [1.165, 1.54) is 0 Å². The third kappa shape index (κ3) is 3.00. The van der Waals surface area contributed by atoms with Crippen molar-refractivity contribution in [2.45, 2.75) is 32.9 Å². The lowest BCUT2D eigenvalue weighted by Crippen LogP contribution is -2.24. The first kappa shape index (κ1) is 15.1. The van der Waals surface area contributed by atoms with E-state index in [2.05, 4.69) is 35.2 Å². The fraction of sp³-hybridized carbons (Fsp3) is 0.353. The van der Waals surface area contributed by atoms with Crippen molar-refractivity contribution >= 4 is 22.4 Å². The number of para-hydroxylation sites is 1. The number of fused-ring (bicyclic) bond motifs is 1. The number of phenols is 1. The number of rotatable bonds is 6. The summed E-state index contributed by atoms with van der Waals surface area (Å²) in [5.74, 6) is 1.24. The maximum Gasteiger partial charge on any atom is 0.151 e. The second kappa shape index (κ2) is 6.50. The molecule has 0 aliphatic heterocycles. The molecule has 0 spiro atoms. The highest BCUT2D eigenvalue weighted by molar-refractivity contribution is 7.13. The van der Waals surface area contributed by atoms with Crippen molar-refractivity contribution < 1.29 is 5.11 Å². The smallest absolute Gasteiger partial charge is 0.151 e. The normalized spacial score (nSPS) is 11.6. The first-order valence-electron chi connectivity index (χ1n) is 7.62. The van der Waals surface area contributed by atoms with Gasteiger partial charge in [-0.15, -0.1) is 11.3 Å². The largest absolute Gasteiger partial charge is 0.506 e. The third-order valence-corrected chi connectivity index (χ3v) is 4.46. The van der Waals surface area contributed by atoms with Gasteiger partial charge in [0.1, 0.15) is 11.3 Å². The minimum atomic E-state index is 0.296. The molecule has 0 fully saturated rings. The molecule has 0 aliphatic rings. The van der Waals surface area contributed by atoms with Crippen LogP contribution in [0.3, 0.4) is 0 Å². The van der Waals surface area contributed by atoms with E-state index in [1.807, 2.05) is 18.2 Å². The van der Waals surface area contributed by atoms with E-state index >= 15 is 0 Å². The zero-order valence-electron chi connectivity index (χ0n) is 12.9. The van der Waals surface area contributed by atoms with Crippen LogP contribution in [0.15, 0.2) is 35.7 Å². The van der Waals surface area contributed by atoms with Crippen LogP contribution in [0.5, 0.6) is 5.75 Å². The van der Waals surface area contributed by atoms with Crippen molar-refractivity contribution in [2.24, 2.45) is 0 Å². The lowest BCUT2D eigenvalue weighted by Gasteiger charge is -2.11. The van der Waals surface area contributed by atoms with Gasteiger partial charge in [0.25, 0.3) is 0 Å². The second-order valence-corrected chi connectivity index (χ2v) is 6.62. The Hall–Kier alpha value is -1.85. The monoisotopic (exact) mass is 315 g/mol. The third-order valence-electron chi connectivity index (χ3n) is 3.60. The van der Waals surface area contributed by atoms with Gasteiger partial charge in [-0.3, -0.25) is 0 Å². The highest BCUT2D eigenvalue weighted by Gasteiger charge is 2.15. The average molecular weight is 315 g/mol. The number of phenolic OH excluding ortho intramolecular Hbond substituents is 1. The molecule has 2 N–H and O–H groups in total. The Kier molecular flexibility index (Phi) is 4.45. The molecule has 0 radical (unpaired) electrons. The summed E-state index contributed by atoms with van der Waals surface area (Å²) in [5, 5.41) is 15.7. The molecule has 22 heavy (non-hydrogen) atoms. The van der Waals surface area contributed by atoms with E-state index in [4.69, 9.17) is 4.98 Å². The number of benzene rings is 1. The van der Waals surface area contributed by atoms with Crippen LogP contribution >= 0.6 is 11.3 Å². The molecule has 0 bridgehead atoms. The van der Waals surface area contributed by atoms with Gasteiger partial charge >= 0.3 is 0 Å². The number of aromatic hydroxyl groups is 1. The second-order valence-electron chi connectivity index (χ2n) is 5.67. The molecular formula is C17H21N3OS. The summed E-state index contributed by atoms with van der Waals surface area (Å²) in [6, 6.07) is 10.1. The summed E-state index contributed by atoms with van der Waals surface area (Å²) in [6.07, 6.45) is 0.996. The van der Waals surface area contributed by atoms with Gasteiger partial charge in [0.05, 0.1) is 10.4 Å². The van der Waals surface area contributed by atoms with Gasteiger partial charge in [0, 0.05) is 12.6 Å². The number of hydrogen-bond donors (Lipinski definition) is 2. The minimum Gasteiger partial charge on any atom is -0.506 e. The zero-order valence-corrected chi connectivity index (χ0v) is 13.7. The quantitative estimate of drug-likeness (QED) is 0.679. The molecule has 0 amide bonds. The van der Waals surface area contributed by atoms with Crippen LogP contribution in [0.2, 0.25) is 0 Å². The van der Waals surface area contributed by atoms with Gasteiger partial charge in [-0.25, -0.2) is 4.98 Å². The van der Waals surface area contributed by atoms with Gasteiger partial charge in [0.2, 0.25) is 0 Å². The molecule has 1 aromatic carbocycles. The molecule has 0 atom stereocenters. The maximum atomic E-state index is 10.2. The lowest BCUT2D eigenvalue weighted by molar-refractivity contribution is 0.476. The first-order chi connectivity index (χ1) is 10.7. The first-order valence-corrected chi connectivity index (χ1v) is 8.50. The van der Waals surface area contributed by atoms with Crippen LogP contribution in [0.25, 0.3) is 21.7 Å². The van der Waals surface area contributed by atoms with Crippen molar-refractivity contribution in [3.63, 3.8) is 0 Å².